The van der Waals surface area contributed by atoms with Crippen LogP contribution in [0.3, 0.4) is 0 Å². The Morgan fingerprint density at radius 3 is 1.70 bits per heavy atom. The summed E-state index contributed by atoms with van der Waals surface area (Å²) in [4.78, 5) is 4.36. The number of hydrogen-bond acceptors (Lipinski definition) is 2. The standard InChI is InChI=1S/C45H44S2/c1-3-5-7-9-17-31-27-43(46-30-31)44-33(18-10-8-6-4-2)29-42(47-44)32-25-26-37-36-21-13-16-24-40(36)45(41(37)28-32)38-22-14-11-19-34(38)35-20-12-15-23-39(35)45/h11-16,19-30H,3-10,17-18H2,1-2H3. The summed E-state index contributed by atoms with van der Waals surface area (Å²) in [5, 5.41) is 2.42. The molecule has 0 aliphatic heterocycles. The van der Waals surface area contributed by atoms with Crippen molar-refractivity contribution < 1.29 is 0 Å². The highest BCUT2D eigenvalue weighted by atomic mass is 32.1. The summed E-state index contributed by atoms with van der Waals surface area (Å²) >= 11 is 3.97. The first kappa shape index (κ1) is 30.6. The number of fused-ring (bicyclic) bond motifs is 10. The van der Waals surface area contributed by atoms with Crippen molar-refractivity contribution in [3.63, 3.8) is 0 Å². The Hall–Kier alpha value is -3.72. The number of benzene rings is 4. The fourth-order valence-electron chi connectivity index (χ4n) is 8.34. The SMILES string of the molecule is CCCCCCc1csc(-c2sc(-c3ccc4c(c3)C3(c5ccccc5-c5ccccc53)c3ccccc3-4)cc2CCCCCC)c1. The summed E-state index contributed by atoms with van der Waals surface area (Å²) in [7, 11) is 0. The van der Waals surface area contributed by atoms with Crippen LogP contribution in [0.2, 0.25) is 0 Å². The maximum Gasteiger partial charge on any atom is 0.0725 e. The van der Waals surface area contributed by atoms with Crippen LogP contribution in [0.4, 0.5) is 0 Å². The molecule has 1 spiro atoms. The summed E-state index contributed by atoms with van der Waals surface area (Å²) in [5.41, 5.74) is 15.3. The lowest BCUT2D eigenvalue weighted by Gasteiger charge is -2.30. The second kappa shape index (κ2) is 13.1. The number of rotatable bonds is 12. The summed E-state index contributed by atoms with van der Waals surface area (Å²) < 4.78 is 0. The third kappa shape index (κ3) is 5.16. The van der Waals surface area contributed by atoms with E-state index in [9.17, 15) is 0 Å². The van der Waals surface area contributed by atoms with Gasteiger partial charge in [-0.15, -0.1) is 22.7 Å². The normalized spacial score (nSPS) is 13.5. The van der Waals surface area contributed by atoms with Gasteiger partial charge in [-0.3, -0.25) is 0 Å². The first-order valence-electron chi connectivity index (χ1n) is 17.9. The fraction of sp³-hybridized carbons (Fsp3) is 0.289. The molecule has 2 aliphatic carbocycles. The largest absolute Gasteiger partial charge is 0.143 e. The molecule has 0 N–H and O–H groups in total. The van der Waals surface area contributed by atoms with Gasteiger partial charge in [-0.25, -0.2) is 0 Å². The van der Waals surface area contributed by atoms with Gasteiger partial charge in [0.05, 0.1) is 5.41 Å². The van der Waals surface area contributed by atoms with Gasteiger partial charge in [0.25, 0.3) is 0 Å². The minimum absolute atomic E-state index is 0.293. The zero-order valence-electron chi connectivity index (χ0n) is 27.8. The lowest BCUT2D eigenvalue weighted by atomic mass is 9.70. The van der Waals surface area contributed by atoms with Crippen molar-refractivity contribution in [1.29, 1.82) is 0 Å². The summed E-state index contributed by atoms with van der Waals surface area (Å²) in [6, 6.07) is 39.8. The average molecular weight is 649 g/mol. The second-order valence-corrected chi connectivity index (χ2v) is 15.5. The van der Waals surface area contributed by atoms with E-state index in [1.165, 1.54) is 134 Å². The molecule has 0 fully saturated rings. The van der Waals surface area contributed by atoms with E-state index in [2.05, 4.69) is 122 Å². The Morgan fingerprint density at radius 1 is 0.511 bits per heavy atom. The molecule has 8 rings (SSSR count). The van der Waals surface area contributed by atoms with Gasteiger partial charge in [0.15, 0.2) is 0 Å². The van der Waals surface area contributed by atoms with Crippen LogP contribution in [0.25, 0.3) is 42.4 Å². The monoisotopic (exact) mass is 648 g/mol. The minimum atomic E-state index is -0.293. The Balaban J connectivity index is 1.24. The zero-order chi connectivity index (χ0) is 31.8. The maximum absolute atomic E-state index is 2.55. The summed E-state index contributed by atoms with van der Waals surface area (Å²) in [6.07, 6.45) is 12.8. The van der Waals surface area contributed by atoms with Crippen LogP contribution >= 0.6 is 22.7 Å². The molecule has 2 aliphatic rings. The number of thiophene rings is 2. The van der Waals surface area contributed by atoms with E-state index >= 15 is 0 Å². The molecule has 0 unspecified atom stereocenters. The van der Waals surface area contributed by atoms with Crippen LogP contribution < -0.4 is 0 Å². The van der Waals surface area contributed by atoms with Gasteiger partial charge in [-0.1, -0.05) is 137 Å². The highest BCUT2D eigenvalue weighted by Gasteiger charge is 2.51. The molecular formula is C45H44S2. The number of unbranched alkanes of at least 4 members (excludes halogenated alkanes) is 6. The Labute approximate surface area is 289 Å². The zero-order valence-corrected chi connectivity index (χ0v) is 29.4. The maximum atomic E-state index is 2.55. The van der Waals surface area contributed by atoms with E-state index in [-0.39, 0.29) is 5.41 Å². The molecule has 0 amide bonds. The van der Waals surface area contributed by atoms with Gasteiger partial charge >= 0.3 is 0 Å². The van der Waals surface area contributed by atoms with Crippen LogP contribution in [0.1, 0.15) is 98.6 Å². The first-order valence-corrected chi connectivity index (χ1v) is 19.6. The molecule has 2 aromatic heterocycles. The van der Waals surface area contributed by atoms with E-state index in [1.54, 1.807) is 0 Å². The number of aryl methyl sites for hydroxylation is 2. The van der Waals surface area contributed by atoms with Crippen LogP contribution in [0.15, 0.2) is 109 Å². The molecule has 2 heterocycles. The highest BCUT2D eigenvalue weighted by molar-refractivity contribution is 7.23. The molecule has 0 atom stereocenters. The average Bonchev–Trinajstić information content (AvgIpc) is 3.89. The van der Waals surface area contributed by atoms with Crippen molar-refractivity contribution >= 4 is 22.7 Å². The molecule has 0 radical (unpaired) electrons. The van der Waals surface area contributed by atoms with Crippen molar-refractivity contribution in [3.8, 4) is 42.4 Å². The van der Waals surface area contributed by atoms with E-state index in [0.717, 1.165) is 6.42 Å². The molecule has 0 saturated carbocycles. The predicted molar refractivity (Wildman–Crippen MR) is 205 cm³/mol. The van der Waals surface area contributed by atoms with Gasteiger partial charge in [-0.05, 0) is 110 Å². The second-order valence-electron chi connectivity index (χ2n) is 13.6. The van der Waals surface area contributed by atoms with Gasteiger partial charge in [0.2, 0.25) is 0 Å². The van der Waals surface area contributed by atoms with Crippen LogP contribution in [-0.4, -0.2) is 0 Å². The van der Waals surface area contributed by atoms with Gasteiger partial charge in [-0.2, -0.15) is 0 Å². The first-order chi connectivity index (χ1) is 23.2. The predicted octanol–water partition coefficient (Wildman–Crippen LogP) is 13.7. The van der Waals surface area contributed by atoms with E-state index in [1.807, 2.05) is 22.7 Å². The minimum Gasteiger partial charge on any atom is -0.143 e. The molecular weight excluding hydrogens is 605 g/mol. The molecule has 236 valence electrons. The lowest BCUT2D eigenvalue weighted by molar-refractivity contribution is 0.667. The van der Waals surface area contributed by atoms with E-state index in [0.29, 0.717) is 0 Å². The van der Waals surface area contributed by atoms with Gasteiger partial charge < -0.3 is 0 Å². The Morgan fingerprint density at radius 2 is 1.09 bits per heavy atom. The fourth-order valence-corrected chi connectivity index (χ4v) is 10.6. The van der Waals surface area contributed by atoms with Gasteiger partial charge in [0, 0.05) is 14.6 Å². The van der Waals surface area contributed by atoms with E-state index in [4.69, 9.17) is 0 Å². The van der Waals surface area contributed by atoms with Gasteiger partial charge in [0.1, 0.15) is 0 Å². The lowest BCUT2D eigenvalue weighted by Crippen LogP contribution is -2.25. The molecule has 0 saturated heterocycles. The molecule has 0 bridgehead atoms. The summed E-state index contributed by atoms with van der Waals surface area (Å²) in [5.74, 6) is 0. The molecule has 47 heavy (non-hydrogen) atoms. The molecule has 6 aromatic rings. The quantitative estimate of drug-likeness (QED) is 0.116. The Bertz CT molecular complexity index is 1970. The van der Waals surface area contributed by atoms with Crippen LogP contribution in [0, 0.1) is 0 Å². The highest BCUT2D eigenvalue weighted by Crippen LogP contribution is 2.63. The summed E-state index contributed by atoms with van der Waals surface area (Å²) in [6.45, 7) is 4.60. The third-order valence-electron chi connectivity index (χ3n) is 10.6. The Kier molecular flexibility index (Phi) is 8.50. The topological polar surface area (TPSA) is 0 Å². The van der Waals surface area contributed by atoms with Crippen molar-refractivity contribution in [2.45, 2.75) is 83.5 Å². The van der Waals surface area contributed by atoms with Crippen molar-refractivity contribution in [3.05, 3.63) is 142 Å². The van der Waals surface area contributed by atoms with Crippen molar-refractivity contribution in [1.82, 2.24) is 0 Å². The van der Waals surface area contributed by atoms with Crippen LogP contribution in [-0.2, 0) is 18.3 Å². The molecule has 2 heteroatoms. The third-order valence-corrected chi connectivity index (χ3v) is 13.0. The van der Waals surface area contributed by atoms with Crippen molar-refractivity contribution in [2.24, 2.45) is 0 Å². The smallest absolute Gasteiger partial charge is 0.0725 e. The van der Waals surface area contributed by atoms with E-state index < -0.39 is 0 Å². The molecule has 0 nitrogen and oxygen atoms in total. The molecule has 4 aromatic carbocycles. The van der Waals surface area contributed by atoms with Crippen molar-refractivity contribution in [2.75, 3.05) is 0 Å². The number of hydrogen-bond donors (Lipinski definition) is 0. The van der Waals surface area contributed by atoms with Crippen LogP contribution in [0.5, 0.6) is 0 Å².